The number of rotatable bonds is 7. The van der Waals surface area contributed by atoms with Crippen molar-refractivity contribution in [2.75, 3.05) is 38.2 Å². The van der Waals surface area contributed by atoms with Gasteiger partial charge in [-0.1, -0.05) is 18.2 Å². The topological polar surface area (TPSA) is 45.7 Å². The summed E-state index contributed by atoms with van der Waals surface area (Å²) in [5, 5.41) is 2.06. The molecule has 2 aliphatic rings. The highest BCUT2D eigenvalue weighted by atomic mass is 79.9. The Labute approximate surface area is 241 Å². The van der Waals surface area contributed by atoms with Crippen LogP contribution in [0.5, 0.6) is 0 Å². The minimum atomic E-state index is -0.367. The van der Waals surface area contributed by atoms with Gasteiger partial charge in [-0.25, -0.2) is 9.37 Å². The number of nitrogens with zero attached hydrogens (tertiary/aromatic N) is 2. The SMILES string of the molecule is CCN(CC)c1c(Br)cc2c(-c3ccccc3C(=O)OC)c3cc(Br)c(=[N+](CC)CC)c(C)c-3oc2c1C. The van der Waals surface area contributed by atoms with Gasteiger partial charge < -0.3 is 14.1 Å². The van der Waals surface area contributed by atoms with Crippen molar-refractivity contribution in [3.05, 3.63) is 67.4 Å². The number of hydrogen-bond donors (Lipinski definition) is 0. The van der Waals surface area contributed by atoms with E-state index in [1.165, 1.54) is 7.11 Å². The average Bonchev–Trinajstić information content (AvgIpc) is 2.92. The number of hydrogen-bond acceptors (Lipinski definition) is 4. The van der Waals surface area contributed by atoms with Gasteiger partial charge in [0.2, 0.25) is 5.36 Å². The number of anilines is 1. The molecular formula is C31H35Br2N2O3+. The number of aryl methyl sites for hydroxylation is 1. The molecule has 1 aliphatic carbocycles. The molecule has 0 saturated heterocycles. The van der Waals surface area contributed by atoms with Gasteiger partial charge in [-0.05, 0) is 97.2 Å². The second kappa shape index (κ2) is 11.6. The standard InChI is InChI=1S/C31H35Br2N2O3/c1-8-34(9-2)27-18(5)29-22(16-24(27)32)26(20-14-12-13-15-21(20)31(36)37-7)23-17-25(33)28(35(10-3)11-4)19(6)30(23)38-29/h12-17H,8-11H2,1-7H3/q+1. The van der Waals surface area contributed by atoms with Crippen molar-refractivity contribution >= 4 is 54.5 Å². The Hall–Kier alpha value is -2.64. The highest BCUT2D eigenvalue weighted by Crippen LogP contribution is 2.47. The molecule has 0 aromatic heterocycles. The van der Waals surface area contributed by atoms with E-state index < -0.39 is 0 Å². The largest absolute Gasteiger partial charge is 0.465 e. The molecule has 0 unspecified atom stereocenters. The van der Waals surface area contributed by atoms with Gasteiger partial charge in [-0.15, -0.1) is 0 Å². The fraction of sp³-hybridized carbons (Fsp3) is 0.355. The smallest absolute Gasteiger partial charge is 0.338 e. The summed E-state index contributed by atoms with van der Waals surface area (Å²) in [4.78, 5) is 15.2. The molecule has 200 valence electrons. The van der Waals surface area contributed by atoms with Crippen molar-refractivity contribution in [1.82, 2.24) is 4.58 Å². The maximum absolute atomic E-state index is 12.9. The molecule has 0 saturated carbocycles. The number of carbonyl (C=O) groups is 1. The Morgan fingerprint density at radius 2 is 1.61 bits per heavy atom. The van der Waals surface area contributed by atoms with Crippen LogP contribution in [0.15, 0.2) is 49.8 Å². The zero-order chi connectivity index (χ0) is 27.7. The maximum Gasteiger partial charge on any atom is 0.338 e. The Bertz CT molecular complexity index is 1560. The normalized spacial score (nSPS) is 11.3. The minimum absolute atomic E-state index is 0.367. The number of carbonyl (C=O) groups excluding carboxylic acids is 1. The van der Waals surface area contributed by atoms with Crippen molar-refractivity contribution in [2.45, 2.75) is 41.5 Å². The van der Waals surface area contributed by atoms with Gasteiger partial charge >= 0.3 is 5.97 Å². The summed E-state index contributed by atoms with van der Waals surface area (Å²) in [6.07, 6.45) is 0. The Morgan fingerprint density at radius 3 is 2.21 bits per heavy atom. The van der Waals surface area contributed by atoms with Gasteiger partial charge in [0, 0.05) is 39.6 Å². The number of methoxy groups -OCH3 is 1. The highest BCUT2D eigenvalue weighted by molar-refractivity contribution is 9.10. The van der Waals surface area contributed by atoms with Crippen LogP contribution in [0.2, 0.25) is 0 Å². The fourth-order valence-electron chi connectivity index (χ4n) is 5.52. The van der Waals surface area contributed by atoms with Crippen LogP contribution >= 0.6 is 31.9 Å². The van der Waals surface area contributed by atoms with Crippen LogP contribution in [-0.2, 0) is 4.74 Å². The van der Waals surface area contributed by atoms with Gasteiger partial charge in [0.15, 0.2) is 0 Å². The zero-order valence-corrected chi connectivity index (χ0v) is 26.3. The van der Waals surface area contributed by atoms with Crippen molar-refractivity contribution in [3.8, 4) is 22.5 Å². The lowest BCUT2D eigenvalue weighted by molar-refractivity contribution is 0.0601. The summed E-state index contributed by atoms with van der Waals surface area (Å²) in [6.45, 7) is 16.4. The van der Waals surface area contributed by atoms with Crippen molar-refractivity contribution in [3.63, 3.8) is 0 Å². The molecule has 0 bridgehead atoms. The summed E-state index contributed by atoms with van der Waals surface area (Å²) in [7, 11) is 1.42. The molecule has 0 fully saturated rings. The van der Waals surface area contributed by atoms with Gasteiger partial charge in [0.1, 0.15) is 24.4 Å². The van der Waals surface area contributed by atoms with E-state index in [-0.39, 0.29) is 5.97 Å². The third-order valence-electron chi connectivity index (χ3n) is 7.38. The Kier molecular flexibility index (Phi) is 8.68. The van der Waals surface area contributed by atoms with Crippen LogP contribution in [0, 0.1) is 13.8 Å². The highest BCUT2D eigenvalue weighted by Gasteiger charge is 2.28. The first kappa shape index (κ1) is 28.4. The van der Waals surface area contributed by atoms with E-state index in [0.717, 1.165) is 90.7 Å². The summed E-state index contributed by atoms with van der Waals surface area (Å²) < 4.78 is 16.4. The molecule has 0 amide bonds. The molecular weight excluding hydrogens is 608 g/mol. The average molecular weight is 643 g/mol. The van der Waals surface area contributed by atoms with Gasteiger partial charge in [0.05, 0.1) is 28.4 Å². The van der Waals surface area contributed by atoms with Crippen molar-refractivity contribution < 1.29 is 13.9 Å². The molecule has 7 heteroatoms. The molecule has 38 heavy (non-hydrogen) atoms. The van der Waals surface area contributed by atoms with Crippen LogP contribution < -0.4 is 14.8 Å². The molecule has 0 radical (unpaired) electrons. The molecule has 1 aliphatic heterocycles. The molecule has 2 aromatic rings. The molecule has 0 N–H and O–H groups in total. The maximum atomic E-state index is 12.9. The number of benzene rings is 3. The minimum Gasteiger partial charge on any atom is -0.465 e. The Morgan fingerprint density at radius 1 is 0.947 bits per heavy atom. The van der Waals surface area contributed by atoms with E-state index in [2.05, 4.69) is 95.0 Å². The quantitative estimate of drug-likeness (QED) is 0.117. The first-order valence-corrected chi connectivity index (χ1v) is 14.7. The van der Waals surface area contributed by atoms with Crippen LogP contribution in [0.4, 0.5) is 5.69 Å². The lowest BCUT2D eigenvalue weighted by Gasteiger charge is -2.27. The van der Waals surface area contributed by atoms with Gasteiger partial charge in [0.25, 0.3) is 0 Å². The van der Waals surface area contributed by atoms with Gasteiger partial charge in [-0.2, -0.15) is 0 Å². The molecule has 5 nitrogen and oxygen atoms in total. The summed E-state index contributed by atoms with van der Waals surface area (Å²) in [5.41, 5.74) is 7.28. The summed E-state index contributed by atoms with van der Waals surface area (Å²) >= 11 is 7.74. The molecule has 2 aromatic carbocycles. The summed E-state index contributed by atoms with van der Waals surface area (Å²) in [6, 6.07) is 11.9. The lowest BCUT2D eigenvalue weighted by atomic mass is 9.88. The first-order valence-electron chi connectivity index (χ1n) is 13.1. The van der Waals surface area contributed by atoms with E-state index in [4.69, 9.17) is 9.15 Å². The molecule has 0 spiro atoms. The van der Waals surface area contributed by atoms with Crippen molar-refractivity contribution in [2.24, 2.45) is 0 Å². The van der Waals surface area contributed by atoms with E-state index in [1.807, 2.05) is 24.3 Å². The van der Waals surface area contributed by atoms with E-state index in [9.17, 15) is 4.79 Å². The molecule has 4 rings (SSSR count). The first-order chi connectivity index (χ1) is 18.2. The van der Waals surface area contributed by atoms with E-state index >= 15 is 0 Å². The number of halogens is 2. The number of esters is 1. The predicted molar refractivity (Wildman–Crippen MR) is 164 cm³/mol. The Balaban J connectivity index is 2.31. The van der Waals surface area contributed by atoms with E-state index in [0.29, 0.717) is 5.56 Å². The van der Waals surface area contributed by atoms with Crippen LogP contribution in [-0.4, -0.2) is 39.3 Å². The van der Waals surface area contributed by atoms with E-state index in [1.54, 1.807) is 0 Å². The third-order valence-corrected chi connectivity index (χ3v) is 8.59. The second-order valence-corrected chi connectivity index (χ2v) is 11.0. The van der Waals surface area contributed by atoms with Crippen LogP contribution in [0.25, 0.3) is 33.4 Å². The number of fused-ring (bicyclic) bond motifs is 2. The van der Waals surface area contributed by atoms with Gasteiger partial charge in [-0.3, -0.25) is 0 Å². The molecule has 1 heterocycles. The van der Waals surface area contributed by atoms with Crippen molar-refractivity contribution in [1.29, 1.82) is 0 Å². The predicted octanol–water partition coefficient (Wildman–Crippen LogP) is 7.79. The zero-order valence-electron chi connectivity index (χ0n) is 23.2. The fourth-order valence-corrected chi connectivity index (χ4v) is 7.07. The monoisotopic (exact) mass is 641 g/mol. The van der Waals surface area contributed by atoms with Crippen LogP contribution in [0.3, 0.4) is 0 Å². The second-order valence-electron chi connectivity index (χ2n) is 9.28. The number of ether oxygens (including phenoxy) is 1. The lowest BCUT2D eigenvalue weighted by Crippen LogP contribution is -2.33. The van der Waals surface area contributed by atoms with Crippen LogP contribution in [0.1, 0.15) is 49.2 Å². The molecule has 0 atom stereocenters. The third kappa shape index (κ3) is 4.68. The summed E-state index contributed by atoms with van der Waals surface area (Å²) in [5.74, 6) is 0.446.